The summed E-state index contributed by atoms with van der Waals surface area (Å²) in [5.41, 5.74) is 1.11. The van der Waals surface area contributed by atoms with E-state index in [1.54, 1.807) is 42.5 Å². The molecule has 2 aromatic rings. The highest BCUT2D eigenvalue weighted by atomic mass is 127. The standard InChI is InChI=1S/C20H22INO5S/c1-13(9-10-26-18(24)12-28)19(16-11-14(21)7-8-17(16)23)27-20(25)22-15-5-3-2-4-6-15/h2-8,11,13,19,23,28H,9-10,12H2,1H3,(H,22,25)/t13-,19+/m0/s1. The third-order valence-corrected chi connectivity index (χ3v) is 4.96. The molecule has 0 aliphatic heterocycles. The highest BCUT2D eigenvalue weighted by Gasteiger charge is 2.27. The molecule has 2 aromatic carbocycles. The Bertz CT molecular complexity index is 802. The Morgan fingerprint density at radius 2 is 1.93 bits per heavy atom. The second-order valence-corrected chi connectivity index (χ2v) is 7.73. The van der Waals surface area contributed by atoms with Crippen molar-refractivity contribution in [3.8, 4) is 5.75 Å². The van der Waals surface area contributed by atoms with Crippen molar-refractivity contribution < 1.29 is 24.2 Å². The minimum Gasteiger partial charge on any atom is -0.508 e. The predicted molar refractivity (Wildman–Crippen MR) is 119 cm³/mol. The summed E-state index contributed by atoms with van der Waals surface area (Å²) >= 11 is 6.00. The summed E-state index contributed by atoms with van der Waals surface area (Å²) in [5.74, 6) is -0.576. The van der Waals surface area contributed by atoms with Crippen LogP contribution in [-0.4, -0.2) is 29.5 Å². The van der Waals surface area contributed by atoms with Crippen LogP contribution >= 0.6 is 35.2 Å². The fraction of sp³-hybridized carbons (Fsp3) is 0.300. The van der Waals surface area contributed by atoms with Gasteiger partial charge in [0.25, 0.3) is 0 Å². The average Bonchev–Trinajstić information content (AvgIpc) is 2.68. The lowest BCUT2D eigenvalue weighted by Crippen LogP contribution is -2.23. The first-order chi connectivity index (χ1) is 13.4. The molecule has 0 saturated heterocycles. The first-order valence-electron chi connectivity index (χ1n) is 8.68. The lowest BCUT2D eigenvalue weighted by atomic mass is 9.94. The molecule has 0 spiro atoms. The minimum absolute atomic E-state index is 0.00542. The quantitative estimate of drug-likeness (QED) is 0.268. The maximum Gasteiger partial charge on any atom is 0.412 e. The molecule has 1 amide bonds. The van der Waals surface area contributed by atoms with Gasteiger partial charge in [0.05, 0.1) is 12.4 Å². The van der Waals surface area contributed by atoms with Crippen molar-refractivity contribution in [1.82, 2.24) is 0 Å². The summed E-state index contributed by atoms with van der Waals surface area (Å²) < 4.78 is 11.6. The van der Waals surface area contributed by atoms with E-state index in [2.05, 4.69) is 40.5 Å². The molecule has 28 heavy (non-hydrogen) atoms. The average molecular weight is 515 g/mol. The molecular weight excluding hydrogens is 493 g/mol. The molecule has 0 aromatic heterocycles. The fourth-order valence-corrected chi connectivity index (χ4v) is 3.19. The lowest BCUT2D eigenvalue weighted by molar-refractivity contribution is -0.141. The molecular formula is C20H22INO5S. The van der Waals surface area contributed by atoms with Crippen molar-refractivity contribution in [2.75, 3.05) is 17.7 Å². The number of esters is 1. The van der Waals surface area contributed by atoms with Crippen LogP contribution in [0.4, 0.5) is 10.5 Å². The van der Waals surface area contributed by atoms with Crippen LogP contribution < -0.4 is 5.32 Å². The second kappa shape index (κ2) is 11.2. The van der Waals surface area contributed by atoms with Crippen LogP contribution in [0, 0.1) is 9.49 Å². The van der Waals surface area contributed by atoms with Gasteiger partial charge in [-0.25, -0.2) is 4.79 Å². The van der Waals surface area contributed by atoms with E-state index in [-0.39, 0.29) is 24.0 Å². The number of benzene rings is 2. The Kier molecular flexibility index (Phi) is 8.91. The third-order valence-electron chi connectivity index (χ3n) is 4.03. The van der Waals surface area contributed by atoms with Crippen LogP contribution in [0.5, 0.6) is 5.75 Å². The van der Waals surface area contributed by atoms with Crippen molar-refractivity contribution in [3.63, 3.8) is 0 Å². The van der Waals surface area contributed by atoms with Gasteiger partial charge in [0.15, 0.2) is 0 Å². The number of aromatic hydroxyl groups is 1. The van der Waals surface area contributed by atoms with Gasteiger partial charge in [-0.2, -0.15) is 12.6 Å². The molecule has 2 rings (SSSR count). The number of hydrogen-bond donors (Lipinski definition) is 3. The van der Waals surface area contributed by atoms with Crippen LogP contribution in [0.2, 0.25) is 0 Å². The van der Waals surface area contributed by atoms with E-state index in [0.29, 0.717) is 17.7 Å². The largest absolute Gasteiger partial charge is 0.508 e. The number of nitrogens with one attached hydrogen (secondary N) is 1. The van der Waals surface area contributed by atoms with Crippen LogP contribution in [0.3, 0.4) is 0 Å². The number of carbonyl (C=O) groups is 2. The molecule has 0 radical (unpaired) electrons. The number of halogens is 1. The number of amides is 1. The van der Waals surface area contributed by atoms with Crippen LogP contribution in [0.25, 0.3) is 0 Å². The predicted octanol–water partition coefficient (Wildman–Crippen LogP) is 4.79. The normalized spacial score (nSPS) is 12.7. The van der Waals surface area contributed by atoms with Crippen LogP contribution in [0.15, 0.2) is 48.5 Å². The number of phenols is 1. The number of para-hydroxylation sites is 1. The molecule has 0 aliphatic rings. The number of rotatable bonds is 8. The lowest BCUT2D eigenvalue weighted by Gasteiger charge is -2.25. The molecule has 8 heteroatoms. The van der Waals surface area contributed by atoms with Gasteiger partial charge in [0.2, 0.25) is 0 Å². The smallest absolute Gasteiger partial charge is 0.412 e. The highest BCUT2D eigenvalue weighted by Crippen LogP contribution is 2.35. The first kappa shape index (κ1) is 22.4. The maximum absolute atomic E-state index is 12.4. The van der Waals surface area contributed by atoms with E-state index < -0.39 is 18.2 Å². The zero-order chi connectivity index (χ0) is 20.5. The SMILES string of the molecule is C[C@@H](CCOC(=O)CS)[C@@H](OC(=O)Nc1ccccc1)c1cc(I)ccc1O. The van der Waals surface area contributed by atoms with E-state index in [4.69, 9.17) is 9.47 Å². The van der Waals surface area contributed by atoms with Gasteiger partial charge in [-0.3, -0.25) is 10.1 Å². The van der Waals surface area contributed by atoms with Crippen molar-refractivity contribution in [3.05, 3.63) is 57.7 Å². The zero-order valence-corrected chi connectivity index (χ0v) is 18.4. The number of anilines is 1. The summed E-state index contributed by atoms with van der Waals surface area (Å²) in [4.78, 5) is 23.7. The Balaban J connectivity index is 2.14. The summed E-state index contributed by atoms with van der Waals surface area (Å²) in [6.07, 6.45) is -0.893. The molecule has 0 bridgehead atoms. The van der Waals surface area contributed by atoms with Crippen molar-refractivity contribution in [1.29, 1.82) is 0 Å². The minimum atomic E-state index is -0.715. The Labute approximate surface area is 183 Å². The second-order valence-electron chi connectivity index (χ2n) is 6.16. The number of phenolic OH excluding ortho intramolecular Hbond substituents is 1. The van der Waals surface area contributed by atoms with E-state index in [1.165, 1.54) is 0 Å². The van der Waals surface area contributed by atoms with Crippen molar-refractivity contribution in [2.45, 2.75) is 19.4 Å². The molecule has 0 fully saturated rings. The van der Waals surface area contributed by atoms with Crippen molar-refractivity contribution in [2.24, 2.45) is 5.92 Å². The van der Waals surface area contributed by atoms with Crippen LogP contribution in [-0.2, 0) is 14.3 Å². The summed E-state index contributed by atoms with van der Waals surface area (Å²) in [5, 5.41) is 13.0. The van der Waals surface area contributed by atoms with E-state index in [0.717, 1.165) is 3.57 Å². The monoisotopic (exact) mass is 515 g/mol. The van der Waals surface area contributed by atoms with Gasteiger partial charge >= 0.3 is 12.1 Å². The summed E-state index contributed by atoms with van der Waals surface area (Å²) in [6, 6.07) is 14.0. The molecule has 2 N–H and O–H groups in total. The van der Waals surface area contributed by atoms with Crippen molar-refractivity contribution >= 4 is 53.0 Å². The van der Waals surface area contributed by atoms with E-state index >= 15 is 0 Å². The number of thiol groups is 1. The number of carbonyl (C=O) groups excluding carboxylic acids is 2. The summed E-state index contributed by atoms with van der Waals surface area (Å²) in [6.45, 7) is 2.04. The molecule has 0 saturated carbocycles. The highest BCUT2D eigenvalue weighted by molar-refractivity contribution is 14.1. The first-order valence-corrected chi connectivity index (χ1v) is 10.4. The zero-order valence-electron chi connectivity index (χ0n) is 15.3. The molecule has 2 atom stereocenters. The maximum atomic E-state index is 12.4. The molecule has 0 aliphatic carbocycles. The van der Waals surface area contributed by atoms with E-state index in [9.17, 15) is 14.7 Å². The van der Waals surface area contributed by atoms with E-state index in [1.807, 2.05) is 13.0 Å². The van der Waals surface area contributed by atoms with Gasteiger partial charge in [-0.15, -0.1) is 0 Å². The van der Waals surface area contributed by atoms with Gasteiger partial charge in [-0.05, 0) is 59.3 Å². The van der Waals surface area contributed by atoms with Gasteiger partial charge in [-0.1, -0.05) is 25.1 Å². The molecule has 6 nitrogen and oxygen atoms in total. The Morgan fingerprint density at radius 3 is 2.61 bits per heavy atom. The molecule has 150 valence electrons. The number of hydrogen-bond acceptors (Lipinski definition) is 6. The van der Waals surface area contributed by atoms with Crippen LogP contribution in [0.1, 0.15) is 25.0 Å². The van der Waals surface area contributed by atoms with Gasteiger partial charge < -0.3 is 14.6 Å². The molecule has 0 unspecified atom stereocenters. The van der Waals surface area contributed by atoms with Gasteiger partial charge in [0.1, 0.15) is 11.9 Å². The fourth-order valence-electron chi connectivity index (χ4n) is 2.58. The number of ether oxygens (including phenoxy) is 2. The summed E-state index contributed by atoms with van der Waals surface area (Å²) in [7, 11) is 0. The Morgan fingerprint density at radius 1 is 1.21 bits per heavy atom. The topological polar surface area (TPSA) is 84.9 Å². The van der Waals surface area contributed by atoms with Gasteiger partial charge in [0, 0.05) is 20.7 Å². The molecule has 0 heterocycles. The Hall–Kier alpha value is -1.94. The third kappa shape index (κ3) is 6.90.